The molecule has 3 rings (SSSR count). The van der Waals surface area contributed by atoms with Gasteiger partial charge in [0, 0.05) is 29.0 Å². The van der Waals surface area contributed by atoms with Gasteiger partial charge in [-0.25, -0.2) is 10.2 Å². The van der Waals surface area contributed by atoms with Gasteiger partial charge in [0.2, 0.25) is 5.91 Å². The number of aryl methyl sites for hydroxylation is 1. The Balaban J connectivity index is 2.08. The van der Waals surface area contributed by atoms with Crippen LogP contribution >= 0.6 is 11.6 Å². The second kappa shape index (κ2) is 14.1. The lowest BCUT2D eigenvalue weighted by molar-refractivity contribution is -0.171. The van der Waals surface area contributed by atoms with Crippen LogP contribution in [-0.4, -0.2) is 46.7 Å². The molecular weight excluding hydrogens is 630 g/mol. The van der Waals surface area contributed by atoms with Crippen LogP contribution in [0.25, 0.3) is 0 Å². The summed E-state index contributed by atoms with van der Waals surface area (Å²) >= 11 is 6.19. The fourth-order valence-corrected chi connectivity index (χ4v) is 4.92. The minimum Gasteiger partial charge on any atom is -0.460 e. The third kappa shape index (κ3) is 10.4. The molecule has 1 aliphatic rings. The van der Waals surface area contributed by atoms with Gasteiger partial charge in [-0.15, -0.1) is 10.2 Å². The van der Waals surface area contributed by atoms with Crippen LogP contribution in [0.1, 0.15) is 70.1 Å². The summed E-state index contributed by atoms with van der Waals surface area (Å²) in [5.41, 5.74) is 2.96. The van der Waals surface area contributed by atoms with E-state index in [9.17, 15) is 40.7 Å². The number of esters is 1. The number of ether oxygens (including phenoxy) is 1. The van der Waals surface area contributed by atoms with Gasteiger partial charge in [0.05, 0.1) is 17.5 Å². The Kier molecular flexibility index (Phi) is 11.2. The van der Waals surface area contributed by atoms with Gasteiger partial charge in [-0.05, 0) is 57.7 Å². The van der Waals surface area contributed by atoms with Crippen LogP contribution in [0, 0.1) is 11.8 Å². The van der Waals surface area contributed by atoms with Crippen molar-refractivity contribution in [3.05, 3.63) is 64.2 Å². The van der Waals surface area contributed by atoms with E-state index in [2.05, 4.69) is 15.8 Å². The summed E-state index contributed by atoms with van der Waals surface area (Å²) in [5.74, 6) is -6.51. The van der Waals surface area contributed by atoms with Crippen LogP contribution < -0.4 is 10.7 Å². The Hall–Kier alpha value is -3.81. The van der Waals surface area contributed by atoms with Gasteiger partial charge in [0.25, 0.3) is 0 Å². The lowest BCUT2D eigenvalue weighted by atomic mass is 9.84. The Labute approximate surface area is 261 Å². The van der Waals surface area contributed by atoms with Crippen molar-refractivity contribution >= 4 is 40.9 Å². The number of hydrazine groups is 1. The van der Waals surface area contributed by atoms with E-state index in [0.717, 1.165) is 0 Å². The molecule has 0 aliphatic carbocycles. The Bertz CT molecular complexity index is 1440. The number of fused-ring (bicyclic) bond motifs is 1. The molecule has 0 fully saturated rings. The van der Waals surface area contributed by atoms with E-state index in [1.165, 1.54) is 20.8 Å². The molecule has 45 heavy (non-hydrogen) atoms. The number of alkyl halides is 6. The van der Waals surface area contributed by atoms with E-state index in [1.807, 2.05) is 6.92 Å². The number of hydrazone groups is 1. The number of nitrogens with zero attached hydrogens (tertiary/aromatic N) is 2. The van der Waals surface area contributed by atoms with Crippen LogP contribution in [-0.2, 0) is 20.7 Å². The van der Waals surface area contributed by atoms with Gasteiger partial charge >= 0.3 is 24.4 Å². The highest BCUT2D eigenvalue weighted by molar-refractivity contribution is 6.31. The Morgan fingerprint density at radius 1 is 0.978 bits per heavy atom. The van der Waals surface area contributed by atoms with Gasteiger partial charge in [-0.2, -0.15) is 26.3 Å². The molecule has 0 saturated heterocycles. The molecule has 0 bridgehead atoms. The zero-order chi connectivity index (χ0) is 33.7. The summed E-state index contributed by atoms with van der Waals surface area (Å²) in [6.45, 7) is 6.11. The number of carbonyl (C=O) groups excluding carboxylic acids is 3. The predicted molar refractivity (Wildman–Crippen MR) is 155 cm³/mol. The van der Waals surface area contributed by atoms with Gasteiger partial charge in [-0.1, -0.05) is 48.9 Å². The molecule has 15 heteroatoms. The third-order valence-corrected chi connectivity index (χ3v) is 6.97. The SMILES string of the molecule is CCc1cccc2c1NC(=O)N(NC(=O)C(CCC(F)(F)F)[C@H](CCC(F)(F)F)C(=O)OC(C)(C)C)N=C2c1cccc(Cl)c1. The second-order valence-corrected chi connectivity index (χ2v) is 11.9. The Morgan fingerprint density at radius 3 is 2.13 bits per heavy atom. The summed E-state index contributed by atoms with van der Waals surface area (Å²) in [5, 5.41) is 7.71. The van der Waals surface area contributed by atoms with E-state index in [-0.39, 0.29) is 5.71 Å². The summed E-state index contributed by atoms with van der Waals surface area (Å²) in [6.07, 6.45) is -14.4. The van der Waals surface area contributed by atoms with Crippen LogP contribution in [0.15, 0.2) is 47.6 Å². The van der Waals surface area contributed by atoms with Crippen molar-refractivity contribution in [3.8, 4) is 0 Å². The van der Waals surface area contributed by atoms with Crippen molar-refractivity contribution in [2.75, 3.05) is 5.32 Å². The highest BCUT2D eigenvalue weighted by Gasteiger charge is 2.42. The third-order valence-electron chi connectivity index (χ3n) is 6.73. The van der Waals surface area contributed by atoms with E-state index >= 15 is 0 Å². The normalized spacial score (nSPS) is 15.3. The largest absolute Gasteiger partial charge is 0.460 e. The molecule has 2 N–H and O–H groups in total. The minimum atomic E-state index is -4.81. The number of hydrogen-bond acceptors (Lipinski definition) is 5. The van der Waals surface area contributed by atoms with Crippen LogP contribution in [0.3, 0.4) is 0 Å². The lowest BCUT2D eigenvalue weighted by Gasteiger charge is -2.30. The average molecular weight is 663 g/mol. The quantitative estimate of drug-likeness (QED) is 0.200. The monoisotopic (exact) mass is 662 g/mol. The number of benzene rings is 2. The number of carbonyl (C=O) groups is 3. The molecule has 1 aliphatic heterocycles. The molecule has 0 saturated carbocycles. The second-order valence-electron chi connectivity index (χ2n) is 11.4. The number of amides is 3. The van der Waals surface area contributed by atoms with Gasteiger partial charge in [0.15, 0.2) is 0 Å². The maximum Gasteiger partial charge on any atom is 0.389 e. The maximum absolute atomic E-state index is 13.6. The molecule has 0 aromatic heterocycles. The van der Waals surface area contributed by atoms with Crippen LogP contribution in [0.2, 0.25) is 5.02 Å². The molecule has 0 spiro atoms. The van der Waals surface area contributed by atoms with E-state index in [1.54, 1.807) is 42.5 Å². The highest BCUT2D eigenvalue weighted by atomic mass is 35.5. The standard InChI is InChI=1S/C30H33ClF6N4O4/c1-5-17-8-7-11-22-23(17)38-27(44)41(39-24(22)18-9-6-10-19(31)16-18)40-25(42)20(12-14-29(32,33)34)21(13-15-30(35,36)37)26(43)45-28(2,3)4/h6-11,16,20-21H,5,12-15H2,1-4H3,(H,38,44)(H,40,42)/t20?,21-/m0/s1. The molecule has 2 atom stereocenters. The first-order valence-electron chi connectivity index (χ1n) is 14.0. The van der Waals surface area contributed by atoms with Crippen LogP contribution in [0.5, 0.6) is 0 Å². The number of halogens is 7. The van der Waals surface area contributed by atoms with E-state index < -0.39 is 73.4 Å². The molecule has 2 aromatic rings. The van der Waals surface area contributed by atoms with E-state index in [0.29, 0.717) is 38.9 Å². The van der Waals surface area contributed by atoms with Crippen molar-refractivity contribution in [2.45, 2.75) is 77.8 Å². The maximum atomic E-state index is 13.6. The number of anilines is 1. The molecule has 1 heterocycles. The van der Waals surface area contributed by atoms with Crippen molar-refractivity contribution in [1.82, 2.24) is 10.5 Å². The predicted octanol–water partition coefficient (Wildman–Crippen LogP) is 7.79. The zero-order valence-corrected chi connectivity index (χ0v) is 25.7. The lowest BCUT2D eigenvalue weighted by Crippen LogP contribution is -2.49. The zero-order valence-electron chi connectivity index (χ0n) is 24.9. The van der Waals surface area contributed by atoms with Gasteiger partial charge < -0.3 is 10.1 Å². The number of para-hydroxylation sites is 1. The topological polar surface area (TPSA) is 100 Å². The first-order chi connectivity index (χ1) is 20.8. The van der Waals surface area contributed by atoms with Crippen molar-refractivity contribution in [3.63, 3.8) is 0 Å². The number of rotatable bonds is 10. The number of hydrogen-bond donors (Lipinski definition) is 2. The fourth-order valence-electron chi connectivity index (χ4n) is 4.73. The molecule has 2 aromatic carbocycles. The number of nitrogens with one attached hydrogen (secondary N) is 2. The summed E-state index contributed by atoms with van der Waals surface area (Å²) in [6, 6.07) is 10.5. The first kappa shape index (κ1) is 35.7. The summed E-state index contributed by atoms with van der Waals surface area (Å²) in [7, 11) is 0. The minimum absolute atomic E-state index is 0.147. The molecule has 246 valence electrons. The molecule has 0 radical (unpaired) electrons. The van der Waals surface area contributed by atoms with Crippen LogP contribution in [0.4, 0.5) is 36.8 Å². The molecule has 8 nitrogen and oxygen atoms in total. The van der Waals surface area contributed by atoms with E-state index in [4.69, 9.17) is 16.3 Å². The van der Waals surface area contributed by atoms with Crippen molar-refractivity contribution in [2.24, 2.45) is 16.9 Å². The van der Waals surface area contributed by atoms with Gasteiger partial charge in [0.1, 0.15) is 11.3 Å². The van der Waals surface area contributed by atoms with Crippen molar-refractivity contribution < 1.29 is 45.5 Å². The number of urea groups is 1. The molecule has 1 unspecified atom stereocenters. The summed E-state index contributed by atoms with van der Waals surface area (Å²) in [4.78, 5) is 40.1. The first-order valence-corrected chi connectivity index (χ1v) is 14.4. The highest BCUT2D eigenvalue weighted by Crippen LogP contribution is 2.35. The van der Waals surface area contributed by atoms with Crippen molar-refractivity contribution in [1.29, 1.82) is 0 Å². The summed E-state index contributed by atoms with van der Waals surface area (Å²) < 4.78 is 84.9. The average Bonchev–Trinajstić information content (AvgIpc) is 3.04. The van der Waals surface area contributed by atoms with Gasteiger partial charge in [-0.3, -0.25) is 9.59 Å². The molecular formula is C30H33ClF6N4O4. The Morgan fingerprint density at radius 2 is 1.58 bits per heavy atom. The fraction of sp³-hybridized carbons (Fsp3) is 0.467. The smallest absolute Gasteiger partial charge is 0.389 e. The molecule has 3 amide bonds.